The van der Waals surface area contributed by atoms with Gasteiger partial charge in [0, 0.05) is 25.6 Å². The van der Waals surface area contributed by atoms with E-state index in [1.54, 1.807) is 7.11 Å². The van der Waals surface area contributed by atoms with E-state index >= 15 is 0 Å². The summed E-state index contributed by atoms with van der Waals surface area (Å²) in [6.45, 7) is 3.00. The topological polar surface area (TPSA) is 38.5 Å². The fraction of sp³-hybridized carbons (Fsp3) is 1.00. The van der Waals surface area contributed by atoms with Gasteiger partial charge in [0.15, 0.2) is 0 Å². The number of rotatable bonds is 2. The van der Waals surface area contributed by atoms with Crippen molar-refractivity contribution in [3.05, 3.63) is 0 Å². The first-order valence-corrected chi connectivity index (χ1v) is 5.25. The highest BCUT2D eigenvalue weighted by atomic mass is 16.5. The second-order valence-corrected chi connectivity index (χ2v) is 4.67. The molecule has 2 N–H and O–H groups in total. The van der Waals surface area contributed by atoms with Gasteiger partial charge in [-0.2, -0.15) is 0 Å². The molecule has 13 heavy (non-hydrogen) atoms. The maximum atomic E-state index is 5.89. The fourth-order valence-corrected chi connectivity index (χ4v) is 3.15. The van der Waals surface area contributed by atoms with Gasteiger partial charge in [-0.3, -0.25) is 5.84 Å². The summed E-state index contributed by atoms with van der Waals surface area (Å²) in [7, 11) is 1.81. The molecule has 2 rings (SSSR count). The zero-order valence-corrected chi connectivity index (χ0v) is 8.46. The molecule has 1 aliphatic heterocycles. The number of ether oxygens (including phenoxy) is 1. The van der Waals surface area contributed by atoms with E-state index in [1.165, 1.54) is 25.7 Å². The first-order chi connectivity index (χ1) is 6.27. The van der Waals surface area contributed by atoms with Crippen molar-refractivity contribution in [3.63, 3.8) is 0 Å². The molecule has 2 aliphatic rings. The largest absolute Gasteiger partial charge is 0.384 e. The Morgan fingerprint density at radius 1 is 1.54 bits per heavy atom. The normalized spacial score (nSPS) is 40.6. The number of nitrogens with two attached hydrogens (primary N) is 1. The quantitative estimate of drug-likeness (QED) is 0.651. The number of nitrogens with zero attached hydrogens (tertiary/aromatic N) is 1. The Bertz CT molecular complexity index is 182. The molecule has 0 aromatic rings. The second kappa shape index (κ2) is 3.56. The van der Waals surface area contributed by atoms with E-state index in [2.05, 4.69) is 0 Å². The van der Waals surface area contributed by atoms with Crippen LogP contribution in [-0.2, 0) is 4.74 Å². The van der Waals surface area contributed by atoms with Crippen molar-refractivity contribution in [1.82, 2.24) is 5.01 Å². The highest BCUT2D eigenvalue weighted by Gasteiger charge is 2.46. The van der Waals surface area contributed by atoms with Gasteiger partial charge in [-0.15, -0.1) is 0 Å². The summed E-state index contributed by atoms with van der Waals surface area (Å²) in [6, 6.07) is 0. The van der Waals surface area contributed by atoms with Gasteiger partial charge < -0.3 is 4.74 Å². The summed E-state index contributed by atoms with van der Waals surface area (Å²) in [6.07, 6.45) is 5.38. The van der Waals surface area contributed by atoms with Crippen molar-refractivity contribution in [3.8, 4) is 0 Å². The zero-order valence-electron chi connectivity index (χ0n) is 8.46. The van der Waals surface area contributed by atoms with Gasteiger partial charge in [-0.25, -0.2) is 5.01 Å². The third-order valence-corrected chi connectivity index (χ3v) is 3.75. The molecule has 1 saturated heterocycles. The van der Waals surface area contributed by atoms with Crippen LogP contribution in [0.5, 0.6) is 0 Å². The van der Waals surface area contributed by atoms with Gasteiger partial charge in [0.1, 0.15) is 0 Å². The maximum absolute atomic E-state index is 5.89. The Hall–Kier alpha value is -0.120. The highest BCUT2D eigenvalue weighted by molar-refractivity contribution is 4.97. The number of hydrogen-bond donors (Lipinski definition) is 1. The summed E-state index contributed by atoms with van der Waals surface area (Å²) in [5.74, 6) is 6.67. The zero-order chi connectivity index (χ0) is 9.31. The van der Waals surface area contributed by atoms with E-state index in [9.17, 15) is 0 Å². The lowest BCUT2D eigenvalue weighted by Gasteiger charge is -2.37. The average molecular weight is 184 g/mol. The second-order valence-electron chi connectivity index (χ2n) is 4.67. The molecule has 0 amide bonds. The van der Waals surface area contributed by atoms with E-state index in [4.69, 9.17) is 10.6 Å². The molecule has 0 unspecified atom stereocenters. The lowest BCUT2D eigenvalue weighted by molar-refractivity contribution is 0.0298. The first-order valence-electron chi connectivity index (χ1n) is 5.25. The molecule has 3 nitrogen and oxygen atoms in total. The van der Waals surface area contributed by atoms with Crippen LogP contribution in [0.25, 0.3) is 0 Å². The number of hydrogen-bond acceptors (Lipinski definition) is 3. The Morgan fingerprint density at radius 2 is 2.38 bits per heavy atom. The maximum Gasteiger partial charge on any atom is 0.0534 e. The molecular formula is C10H20N2O. The standard InChI is InChI=1S/C10H20N2O/c1-13-8-10-5-3-2-4-9(10)6-12(11)7-10/h9H,2-8,11H2,1H3/t9-,10-/m1/s1. The summed E-state index contributed by atoms with van der Waals surface area (Å²) in [5.41, 5.74) is 0.391. The summed E-state index contributed by atoms with van der Waals surface area (Å²) in [5, 5.41) is 1.98. The molecular weight excluding hydrogens is 164 g/mol. The van der Waals surface area contributed by atoms with Crippen LogP contribution in [0.15, 0.2) is 0 Å². The number of fused-ring (bicyclic) bond motifs is 1. The number of methoxy groups -OCH3 is 1. The lowest BCUT2D eigenvalue weighted by Crippen LogP contribution is -2.38. The molecule has 2 fully saturated rings. The third kappa shape index (κ3) is 1.60. The summed E-state index contributed by atoms with van der Waals surface area (Å²) in [4.78, 5) is 0. The summed E-state index contributed by atoms with van der Waals surface area (Å²) < 4.78 is 5.35. The van der Waals surface area contributed by atoms with E-state index in [0.717, 1.165) is 25.6 Å². The van der Waals surface area contributed by atoms with Crippen molar-refractivity contribution in [2.45, 2.75) is 25.7 Å². The summed E-state index contributed by atoms with van der Waals surface area (Å²) >= 11 is 0. The molecule has 2 atom stereocenters. The van der Waals surface area contributed by atoms with Crippen LogP contribution >= 0.6 is 0 Å². The number of hydrazine groups is 1. The van der Waals surface area contributed by atoms with Gasteiger partial charge in [0.25, 0.3) is 0 Å². The molecule has 1 heterocycles. The van der Waals surface area contributed by atoms with E-state index in [-0.39, 0.29) is 0 Å². The Kier molecular flexibility index (Phi) is 2.58. The molecule has 3 heteroatoms. The Morgan fingerprint density at radius 3 is 3.15 bits per heavy atom. The van der Waals surface area contributed by atoms with Crippen molar-refractivity contribution < 1.29 is 4.74 Å². The highest BCUT2D eigenvalue weighted by Crippen LogP contribution is 2.45. The van der Waals surface area contributed by atoms with Gasteiger partial charge in [-0.05, 0) is 18.8 Å². The van der Waals surface area contributed by atoms with Crippen molar-refractivity contribution in [2.75, 3.05) is 26.8 Å². The first kappa shape index (κ1) is 9.44. The Balaban J connectivity index is 2.10. The minimum atomic E-state index is 0.391. The van der Waals surface area contributed by atoms with Crippen LogP contribution in [0.4, 0.5) is 0 Å². The monoisotopic (exact) mass is 184 g/mol. The van der Waals surface area contributed by atoms with E-state index in [1.807, 2.05) is 5.01 Å². The van der Waals surface area contributed by atoms with Crippen LogP contribution in [0.3, 0.4) is 0 Å². The van der Waals surface area contributed by atoms with Crippen LogP contribution in [0.1, 0.15) is 25.7 Å². The molecule has 1 aliphatic carbocycles. The predicted molar refractivity (Wildman–Crippen MR) is 52.0 cm³/mol. The third-order valence-electron chi connectivity index (χ3n) is 3.75. The van der Waals surface area contributed by atoms with Gasteiger partial charge in [0.05, 0.1) is 6.61 Å². The van der Waals surface area contributed by atoms with Crippen LogP contribution in [0.2, 0.25) is 0 Å². The van der Waals surface area contributed by atoms with Gasteiger partial charge in [-0.1, -0.05) is 12.8 Å². The lowest BCUT2D eigenvalue weighted by atomic mass is 9.69. The average Bonchev–Trinajstić information content (AvgIpc) is 2.41. The minimum Gasteiger partial charge on any atom is -0.384 e. The van der Waals surface area contributed by atoms with Gasteiger partial charge in [0.2, 0.25) is 0 Å². The van der Waals surface area contributed by atoms with Crippen molar-refractivity contribution >= 4 is 0 Å². The Labute approximate surface area is 80.2 Å². The van der Waals surface area contributed by atoms with Crippen LogP contribution in [-0.4, -0.2) is 31.8 Å². The minimum absolute atomic E-state index is 0.391. The smallest absolute Gasteiger partial charge is 0.0534 e. The van der Waals surface area contributed by atoms with Gasteiger partial charge >= 0.3 is 0 Å². The molecule has 0 aromatic heterocycles. The predicted octanol–water partition coefficient (Wildman–Crippen LogP) is 0.999. The fourth-order valence-electron chi connectivity index (χ4n) is 3.15. The molecule has 0 spiro atoms. The van der Waals surface area contributed by atoms with E-state index < -0.39 is 0 Å². The molecule has 1 saturated carbocycles. The van der Waals surface area contributed by atoms with Crippen LogP contribution < -0.4 is 5.84 Å². The molecule has 0 aromatic carbocycles. The van der Waals surface area contributed by atoms with E-state index in [0.29, 0.717) is 5.41 Å². The molecule has 76 valence electrons. The van der Waals surface area contributed by atoms with Crippen molar-refractivity contribution in [1.29, 1.82) is 0 Å². The molecule has 0 bridgehead atoms. The molecule has 0 radical (unpaired) electrons. The SMILES string of the molecule is COC[C@]12CCCC[C@@H]1CN(N)C2. The van der Waals surface area contributed by atoms with Crippen LogP contribution in [0, 0.1) is 11.3 Å². The van der Waals surface area contributed by atoms with Crippen molar-refractivity contribution in [2.24, 2.45) is 17.2 Å².